The molecular weight excluding hydrogens is 256 g/mol. The molecule has 2 aliphatic rings. The molecular formula is C19H30N2. The highest BCUT2D eigenvalue weighted by Crippen LogP contribution is 2.27. The lowest BCUT2D eigenvalue weighted by Crippen LogP contribution is -2.50. The fourth-order valence-electron chi connectivity index (χ4n) is 3.66. The minimum absolute atomic E-state index is 0.663. The van der Waals surface area contributed by atoms with Gasteiger partial charge in [-0.3, -0.25) is 0 Å². The van der Waals surface area contributed by atoms with Gasteiger partial charge in [0.2, 0.25) is 0 Å². The molecule has 0 aromatic heterocycles. The fraction of sp³-hybridized carbons (Fsp3) is 0.684. The molecule has 2 unspecified atom stereocenters. The standard InChI is InChI=1S/C19H30N2/c1-14-9-18(20-11-17-5-4-6-17)13-21(12-14)19-8-7-15(2)16(3)10-19/h7-8,10,14,17-18,20H,4-6,9,11-13H2,1-3H3. The van der Waals surface area contributed by atoms with Gasteiger partial charge in [0.25, 0.3) is 0 Å². The molecule has 1 aliphatic carbocycles. The van der Waals surface area contributed by atoms with Crippen LogP contribution in [-0.4, -0.2) is 25.7 Å². The number of hydrogen-bond acceptors (Lipinski definition) is 2. The van der Waals surface area contributed by atoms with Crippen molar-refractivity contribution in [3.63, 3.8) is 0 Å². The molecule has 0 amide bonds. The molecule has 2 fully saturated rings. The molecule has 1 saturated carbocycles. The van der Waals surface area contributed by atoms with E-state index in [1.54, 1.807) is 0 Å². The Morgan fingerprint density at radius 2 is 1.95 bits per heavy atom. The average Bonchev–Trinajstić information content (AvgIpc) is 2.39. The van der Waals surface area contributed by atoms with E-state index in [1.165, 1.54) is 62.1 Å². The Bertz CT molecular complexity index is 478. The van der Waals surface area contributed by atoms with Crippen LogP contribution in [-0.2, 0) is 0 Å². The molecule has 1 heterocycles. The third-order valence-corrected chi connectivity index (χ3v) is 5.44. The summed E-state index contributed by atoms with van der Waals surface area (Å²) in [5.41, 5.74) is 4.20. The average molecular weight is 286 g/mol. The fourth-order valence-corrected chi connectivity index (χ4v) is 3.66. The van der Waals surface area contributed by atoms with E-state index in [-0.39, 0.29) is 0 Å². The van der Waals surface area contributed by atoms with Crippen LogP contribution in [0.3, 0.4) is 0 Å². The number of anilines is 1. The normalized spacial score (nSPS) is 26.7. The summed E-state index contributed by atoms with van der Waals surface area (Å²) in [6.45, 7) is 10.4. The summed E-state index contributed by atoms with van der Waals surface area (Å²) >= 11 is 0. The van der Waals surface area contributed by atoms with Crippen LogP contribution in [0.15, 0.2) is 18.2 Å². The largest absolute Gasteiger partial charge is 0.370 e. The molecule has 2 heteroatoms. The topological polar surface area (TPSA) is 15.3 Å². The molecule has 1 aliphatic heterocycles. The van der Waals surface area contributed by atoms with Crippen molar-refractivity contribution in [2.45, 2.75) is 52.5 Å². The van der Waals surface area contributed by atoms with Gasteiger partial charge >= 0.3 is 0 Å². The van der Waals surface area contributed by atoms with Crippen molar-refractivity contribution in [3.05, 3.63) is 29.3 Å². The van der Waals surface area contributed by atoms with Gasteiger partial charge in [-0.15, -0.1) is 0 Å². The first kappa shape index (κ1) is 14.9. The first-order chi connectivity index (χ1) is 10.1. The molecule has 2 nitrogen and oxygen atoms in total. The lowest BCUT2D eigenvalue weighted by atomic mass is 9.85. The van der Waals surface area contributed by atoms with Crippen LogP contribution in [0.25, 0.3) is 0 Å². The van der Waals surface area contributed by atoms with Crippen molar-refractivity contribution in [1.82, 2.24) is 5.32 Å². The predicted octanol–water partition coefficient (Wildman–Crippen LogP) is 3.91. The van der Waals surface area contributed by atoms with Crippen LogP contribution >= 0.6 is 0 Å². The Morgan fingerprint density at radius 1 is 1.14 bits per heavy atom. The van der Waals surface area contributed by atoms with Gasteiger partial charge in [0, 0.05) is 24.8 Å². The first-order valence-corrected chi connectivity index (χ1v) is 8.67. The van der Waals surface area contributed by atoms with Crippen molar-refractivity contribution in [2.75, 3.05) is 24.5 Å². The maximum absolute atomic E-state index is 3.84. The molecule has 2 atom stereocenters. The van der Waals surface area contributed by atoms with Gasteiger partial charge in [-0.25, -0.2) is 0 Å². The zero-order valence-corrected chi connectivity index (χ0v) is 13.9. The van der Waals surface area contributed by atoms with E-state index >= 15 is 0 Å². The Hall–Kier alpha value is -1.02. The number of nitrogens with one attached hydrogen (secondary N) is 1. The van der Waals surface area contributed by atoms with Gasteiger partial charge in [-0.05, 0) is 74.8 Å². The van der Waals surface area contributed by atoms with Crippen LogP contribution in [0.4, 0.5) is 5.69 Å². The Kier molecular flexibility index (Phi) is 4.54. The van der Waals surface area contributed by atoms with Crippen molar-refractivity contribution >= 4 is 5.69 Å². The van der Waals surface area contributed by atoms with E-state index in [1.807, 2.05) is 0 Å². The molecule has 21 heavy (non-hydrogen) atoms. The Balaban J connectivity index is 1.62. The molecule has 116 valence electrons. The predicted molar refractivity (Wildman–Crippen MR) is 91.0 cm³/mol. The molecule has 1 aromatic rings. The zero-order chi connectivity index (χ0) is 14.8. The van der Waals surface area contributed by atoms with Crippen LogP contribution < -0.4 is 10.2 Å². The van der Waals surface area contributed by atoms with Crippen molar-refractivity contribution in [3.8, 4) is 0 Å². The second kappa shape index (κ2) is 6.39. The van der Waals surface area contributed by atoms with Gasteiger partial charge < -0.3 is 10.2 Å². The van der Waals surface area contributed by atoms with E-state index in [0.717, 1.165) is 11.8 Å². The first-order valence-electron chi connectivity index (χ1n) is 8.67. The molecule has 1 N–H and O–H groups in total. The molecule has 0 spiro atoms. The summed E-state index contributed by atoms with van der Waals surface area (Å²) in [5.74, 6) is 1.73. The maximum Gasteiger partial charge on any atom is 0.0369 e. The quantitative estimate of drug-likeness (QED) is 0.903. The summed E-state index contributed by atoms with van der Waals surface area (Å²) < 4.78 is 0. The van der Waals surface area contributed by atoms with Gasteiger partial charge in [0.1, 0.15) is 0 Å². The number of nitrogens with zero attached hydrogens (tertiary/aromatic N) is 1. The minimum Gasteiger partial charge on any atom is -0.370 e. The summed E-state index contributed by atoms with van der Waals surface area (Å²) in [6.07, 6.45) is 5.66. The zero-order valence-electron chi connectivity index (χ0n) is 13.9. The minimum atomic E-state index is 0.663. The van der Waals surface area contributed by atoms with E-state index in [0.29, 0.717) is 6.04 Å². The molecule has 3 rings (SSSR count). The lowest BCUT2D eigenvalue weighted by molar-refractivity contribution is 0.268. The number of benzene rings is 1. The second-order valence-corrected chi connectivity index (χ2v) is 7.42. The molecule has 0 bridgehead atoms. The molecule has 0 radical (unpaired) electrons. The van der Waals surface area contributed by atoms with Gasteiger partial charge in [-0.2, -0.15) is 0 Å². The molecule has 1 aromatic carbocycles. The molecule has 1 saturated heterocycles. The van der Waals surface area contributed by atoms with Gasteiger partial charge in [0.05, 0.1) is 0 Å². The van der Waals surface area contributed by atoms with E-state index < -0.39 is 0 Å². The smallest absolute Gasteiger partial charge is 0.0369 e. The summed E-state index contributed by atoms with van der Waals surface area (Å²) in [6, 6.07) is 7.58. The Labute approximate surface area is 129 Å². The summed E-state index contributed by atoms with van der Waals surface area (Å²) in [7, 11) is 0. The number of hydrogen-bond donors (Lipinski definition) is 1. The second-order valence-electron chi connectivity index (χ2n) is 7.42. The van der Waals surface area contributed by atoms with E-state index in [4.69, 9.17) is 0 Å². The van der Waals surface area contributed by atoms with Crippen LogP contribution in [0, 0.1) is 25.7 Å². The van der Waals surface area contributed by atoms with Crippen LogP contribution in [0.2, 0.25) is 0 Å². The van der Waals surface area contributed by atoms with E-state index in [9.17, 15) is 0 Å². The lowest BCUT2D eigenvalue weighted by Gasteiger charge is -2.39. The van der Waals surface area contributed by atoms with Gasteiger partial charge in [-0.1, -0.05) is 19.4 Å². The van der Waals surface area contributed by atoms with Crippen molar-refractivity contribution in [1.29, 1.82) is 0 Å². The number of piperidine rings is 1. The monoisotopic (exact) mass is 286 g/mol. The number of aryl methyl sites for hydroxylation is 2. The van der Waals surface area contributed by atoms with Crippen LogP contribution in [0.5, 0.6) is 0 Å². The van der Waals surface area contributed by atoms with Crippen molar-refractivity contribution in [2.24, 2.45) is 11.8 Å². The summed E-state index contributed by atoms with van der Waals surface area (Å²) in [5, 5.41) is 3.84. The third-order valence-electron chi connectivity index (χ3n) is 5.44. The third kappa shape index (κ3) is 3.60. The Morgan fingerprint density at radius 3 is 2.62 bits per heavy atom. The maximum atomic E-state index is 3.84. The summed E-state index contributed by atoms with van der Waals surface area (Å²) in [4.78, 5) is 2.58. The van der Waals surface area contributed by atoms with Crippen molar-refractivity contribution < 1.29 is 0 Å². The highest BCUT2D eigenvalue weighted by Gasteiger charge is 2.26. The van der Waals surface area contributed by atoms with E-state index in [2.05, 4.69) is 49.2 Å². The highest BCUT2D eigenvalue weighted by atomic mass is 15.2. The van der Waals surface area contributed by atoms with Crippen LogP contribution in [0.1, 0.15) is 43.7 Å². The highest BCUT2D eigenvalue weighted by molar-refractivity contribution is 5.51. The van der Waals surface area contributed by atoms with Gasteiger partial charge in [0.15, 0.2) is 0 Å². The SMILES string of the molecule is Cc1ccc(N2CC(C)CC(NCC3CCC3)C2)cc1C. The number of rotatable bonds is 4.